The maximum atomic E-state index is 12.9. The van der Waals surface area contributed by atoms with Crippen molar-refractivity contribution in [3.63, 3.8) is 0 Å². The van der Waals surface area contributed by atoms with Gasteiger partial charge in [0.15, 0.2) is 5.16 Å². The zero-order valence-electron chi connectivity index (χ0n) is 12.0. The highest BCUT2D eigenvalue weighted by molar-refractivity contribution is 8.00. The number of hydrogen-bond acceptors (Lipinski definition) is 6. The lowest BCUT2D eigenvalue weighted by atomic mass is 10.3. The van der Waals surface area contributed by atoms with E-state index >= 15 is 0 Å². The predicted molar refractivity (Wildman–Crippen MR) is 90.4 cm³/mol. The maximum absolute atomic E-state index is 12.9. The summed E-state index contributed by atoms with van der Waals surface area (Å²) in [6.07, 6.45) is 0.635. The Hall–Kier alpha value is -2.12. The molecule has 1 aliphatic heterocycles. The molecule has 0 radical (unpaired) electrons. The lowest BCUT2D eigenvalue weighted by Crippen LogP contribution is -2.22. The first kappa shape index (κ1) is 14.5. The molecule has 0 aliphatic carbocycles. The van der Waals surface area contributed by atoms with Crippen molar-refractivity contribution in [2.24, 2.45) is 0 Å². The molecule has 0 bridgehead atoms. The normalized spacial score (nSPS) is 17.6. The van der Waals surface area contributed by atoms with Crippen LogP contribution >= 0.6 is 23.1 Å². The van der Waals surface area contributed by atoms with Crippen LogP contribution in [0.5, 0.6) is 0 Å². The number of carbonyl (C=O) groups excluding carboxylic acids is 1. The standard InChI is InChI=1S/C16H12N2O3S2/c19-14-13-11(7-9-22-13)17-16(23-12-6-8-21-15(12)20)18(14)10-4-2-1-3-5-10/h1-5,7,9,12H,6,8H2/t12-/m1/s1. The van der Waals surface area contributed by atoms with Crippen molar-refractivity contribution in [1.82, 2.24) is 9.55 Å². The van der Waals surface area contributed by atoms with E-state index in [1.807, 2.05) is 41.8 Å². The van der Waals surface area contributed by atoms with Crippen LogP contribution in [0.2, 0.25) is 0 Å². The SMILES string of the molecule is O=C1OCC[C@H]1Sc1nc2ccsc2c(=O)n1-c1ccccc1. The summed E-state index contributed by atoms with van der Waals surface area (Å²) in [6.45, 7) is 0.423. The minimum Gasteiger partial charge on any atom is -0.465 e. The second kappa shape index (κ2) is 5.82. The third-order valence-electron chi connectivity index (χ3n) is 3.60. The van der Waals surface area contributed by atoms with Gasteiger partial charge < -0.3 is 4.74 Å². The van der Waals surface area contributed by atoms with Gasteiger partial charge in [0.05, 0.1) is 17.8 Å². The molecule has 0 N–H and O–H groups in total. The molecule has 1 fully saturated rings. The summed E-state index contributed by atoms with van der Waals surface area (Å²) < 4.78 is 7.21. The third kappa shape index (κ3) is 2.55. The molecular formula is C16H12N2O3S2. The highest BCUT2D eigenvalue weighted by Gasteiger charge is 2.29. The molecule has 4 rings (SSSR count). The summed E-state index contributed by atoms with van der Waals surface area (Å²) in [5, 5.41) is 2.07. The summed E-state index contributed by atoms with van der Waals surface area (Å²) in [5.41, 5.74) is 1.31. The lowest BCUT2D eigenvalue weighted by molar-refractivity contribution is -0.137. The number of benzene rings is 1. The van der Waals surface area contributed by atoms with Gasteiger partial charge >= 0.3 is 5.97 Å². The van der Waals surface area contributed by atoms with Crippen molar-refractivity contribution < 1.29 is 9.53 Å². The second-order valence-electron chi connectivity index (χ2n) is 5.07. The average molecular weight is 344 g/mol. The Morgan fingerprint density at radius 2 is 2.04 bits per heavy atom. The van der Waals surface area contributed by atoms with Crippen molar-refractivity contribution in [3.8, 4) is 5.69 Å². The maximum Gasteiger partial charge on any atom is 0.319 e. The number of ether oxygens (including phenoxy) is 1. The third-order valence-corrected chi connectivity index (χ3v) is 5.69. The summed E-state index contributed by atoms with van der Waals surface area (Å²) in [7, 11) is 0. The molecule has 23 heavy (non-hydrogen) atoms. The van der Waals surface area contributed by atoms with Gasteiger partial charge in [-0.2, -0.15) is 0 Å². The molecule has 2 aromatic heterocycles. The number of fused-ring (bicyclic) bond motifs is 1. The van der Waals surface area contributed by atoms with E-state index in [-0.39, 0.29) is 16.8 Å². The van der Waals surface area contributed by atoms with Crippen molar-refractivity contribution in [1.29, 1.82) is 0 Å². The fourth-order valence-electron chi connectivity index (χ4n) is 2.49. The van der Waals surface area contributed by atoms with Crippen LogP contribution in [0.3, 0.4) is 0 Å². The summed E-state index contributed by atoms with van der Waals surface area (Å²) in [4.78, 5) is 29.2. The number of rotatable bonds is 3. The predicted octanol–water partition coefficient (Wildman–Crippen LogP) is 2.85. The smallest absolute Gasteiger partial charge is 0.319 e. The zero-order valence-corrected chi connectivity index (χ0v) is 13.6. The fraction of sp³-hybridized carbons (Fsp3) is 0.188. The number of cyclic esters (lactones) is 1. The molecule has 1 aromatic carbocycles. The lowest BCUT2D eigenvalue weighted by Gasteiger charge is -2.13. The number of thioether (sulfide) groups is 1. The van der Waals surface area contributed by atoms with E-state index in [9.17, 15) is 9.59 Å². The van der Waals surface area contributed by atoms with Crippen LogP contribution in [0.4, 0.5) is 0 Å². The van der Waals surface area contributed by atoms with Crippen molar-refractivity contribution >= 4 is 39.3 Å². The van der Waals surface area contributed by atoms with Crippen LogP contribution in [0, 0.1) is 0 Å². The van der Waals surface area contributed by atoms with Gasteiger partial charge in [0.25, 0.3) is 5.56 Å². The minimum absolute atomic E-state index is 0.106. The van der Waals surface area contributed by atoms with Crippen LogP contribution in [0.15, 0.2) is 51.7 Å². The van der Waals surface area contributed by atoms with Crippen LogP contribution < -0.4 is 5.56 Å². The molecule has 0 spiro atoms. The van der Waals surface area contributed by atoms with E-state index in [1.165, 1.54) is 23.1 Å². The average Bonchev–Trinajstić information content (AvgIpc) is 3.18. The summed E-state index contributed by atoms with van der Waals surface area (Å²) in [6, 6.07) is 11.2. The van der Waals surface area contributed by atoms with Gasteiger partial charge in [0.2, 0.25) is 0 Å². The van der Waals surface area contributed by atoms with Crippen molar-refractivity contribution in [3.05, 3.63) is 52.1 Å². The topological polar surface area (TPSA) is 61.2 Å². The molecule has 0 amide bonds. The monoisotopic (exact) mass is 344 g/mol. The van der Waals surface area contributed by atoms with E-state index in [4.69, 9.17) is 4.74 Å². The van der Waals surface area contributed by atoms with Crippen LogP contribution in [-0.4, -0.2) is 27.4 Å². The molecule has 0 saturated carbocycles. The van der Waals surface area contributed by atoms with E-state index < -0.39 is 0 Å². The summed E-state index contributed by atoms with van der Waals surface area (Å²) in [5.74, 6) is -0.241. The van der Waals surface area contributed by atoms with Gasteiger partial charge in [0, 0.05) is 6.42 Å². The van der Waals surface area contributed by atoms with Crippen LogP contribution in [0.25, 0.3) is 15.9 Å². The molecule has 116 valence electrons. The first-order valence-electron chi connectivity index (χ1n) is 7.13. The Morgan fingerprint density at radius 1 is 1.22 bits per heavy atom. The Kier molecular flexibility index (Phi) is 3.66. The van der Waals surface area contributed by atoms with Gasteiger partial charge in [-0.25, -0.2) is 4.98 Å². The zero-order chi connectivity index (χ0) is 15.8. The Morgan fingerprint density at radius 3 is 2.78 bits per heavy atom. The second-order valence-corrected chi connectivity index (χ2v) is 7.15. The van der Waals surface area contributed by atoms with Gasteiger partial charge in [-0.15, -0.1) is 11.3 Å². The Bertz CT molecular complexity index is 933. The minimum atomic E-state index is -0.312. The largest absolute Gasteiger partial charge is 0.465 e. The Balaban J connectivity index is 1.90. The van der Waals surface area contributed by atoms with Gasteiger partial charge in [-0.3, -0.25) is 14.2 Å². The molecule has 5 nitrogen and oxygen atoms in total. The highest BCUT2D eigenvalue weighted by atomic mass is 32.2. The quantitative estimate of drug-likeness (QED) is 0.540. The van der Waals surface area contributed by atoms with Gasteiger partial charge in [0.1, 0.15) is 9.95 Å². The molecule has 1 aliphatic rings. The van der Waals surface area contributed by atoms with Crippen molar-refractivity contribution in [2.45, 2.75) is 16.8 Å². The molecule has 3 aromatic rings. The fourth-order valence-corrected chi connectivity index (χ4v) is 4.32. The number of nitrogens with zero attached hydrogens (tertiary/aromatic N) is 2. The first-order chi connectivity index (χ1) is 11.2. The van der Waals surface area contributed by atoms with Crippen molar-refractivity contribution in [2.75, 3.05) is 6.61 Å². The van der Waals surface area contributed by atoms with Gasteiger partial charge in [-0.05, 0) is 23.6 Å². The number of esters is 1. The number of para-hydroxylation sites is 1. The number of aromatic nitrogens is 2. The van der Waals surface area contributed by atoms with Crippen LogP contribution in [0.1, 0.15) is 6.42 Å². The van der Waals surface area contributed by atoms with E-state index in [0.717, 1.165) is 5.69 Å². The van der Waals surface area contributed by atoms with E-state index in [2.05, 4.69) is 4.98 Å². The summed E-state index contributed by atoms with van der Waals surface area (Å²) >= 11 is 2.67. The molecule has 1 atom stereocenters. The van der Waals surface area contributed by atoms with E-state index in [0.29, 0.717) is 28.4 Å². The first-order valence-corrected chi connectivity index (χ1v) is 8.89. The molecular weight excluding hydrogens is 332 g/mol. The Labute approximate surface area is 139 Å². The van der Waals surface area contributed by atoms with E-state index in [1.54, 1.807) is 4.57 Å². The highest BCUT2D eigenvalue weighted by Crippen LogP contribution is 2.30. The van der Waals surface area contributed by atoms with Gasteiger partial charge in [-0.1, -0.05) is 30.0 Å². The van der Waals surface area contributed by atoms with Crippen LogP contribution in [-0.2, 0) is 9.53 Å². The molecule has 0 unspecified atom stereocenters. The molecule has 1 saturated heterocycles. The number of carbonyl (C=O) groups is 1. The molecule has 7 heteroatoms. The number of thiophene rings is 1. The molecule has 3 heterocycles. The number of hydrogen-bond donors (Lipinski definition) is 0.